The number of pyridine rings is 1. The molecule has 3 N–H and O–H groups in total. The number of rotatable bonds is 1. The van der Waals surface area contributed by atoms with Gasteiger partial charge in [0, 0.05) is 49.6 Å². The maximum Gasteiger partial charge on any atom is 0.290 e. The van der Waals surface area contributed by atoms with Crippen molar-refractivity contribution in [1.29, 1.82) is 0 Å². The van der Waals surface area contributed by atoms with Crippen LogP contribution in [-0.2, 0) is 16.1 Å². The van der Waals surface area contributed by atoms with E-state index in [0.29, 0.717) is 24.8 Å². The summed E-state index contributed by atoms with van der Waals surface area (Å²) in [4.78, 5) is 43.3. The van der Waals surface area contributed by atoms with E-state index in [1.807, 2.05) is 27.7 Å². The number of carboxylic acid groups (broad SMARTS) is 1. The molecule has 31 heavy (non-hydrogen) atoms. The number of benzene rings is 1. The van der Waals surface area contributed by atoms with Crippen molar-refractivity contribution in [2.75, 3.05) is 18.8 Å². The van der Waals surface area contributed by atoms with Gasteiger partial charge in [0.05, 0.1) is 5.52 Å². The summed E-state index contributed by atoms with van der Waals surface area (Å²) in [6.45, 7) is 3.45. The van der Waals surface area contributed by atoms with Gasteiger partial charge in [-0.05, 0) is 41.7 Å². The highest BCUT2D eigenvalue weighted by atomic mass is 16.3. The number of nitrogens with zero attached hydrogens (tertiary/aromatic N) is 4. The van der Waals surface area contributed by atoms with Crippen LogP contribution in [0.1, 0.15) is 25.0 Å². The van der Waals surface area contributed by atoms with Crippen molar-refractivity contribution in [3.05, 3.63) is 52.7 Å². The molecule has 2 aliphatic rings. The van der Waals surface area contributed by atoms with Gasteiger partial charge in [0.25, 0.3) is 12.0 Å². The number of hydrogen-bond acceptors (Lipinski definition) is 6. The van der Waals surface area contributed by atoms with E-state index in [4.69, 9.17) is 15.6 Å². The lowest BCUT2D eigenvalue weighted by Crippen LogP contribution is -2.48. The standard InChI is InChI=1S/C21H21N5O2.CH2O2/c1-12(27)25-8-13-4-16(10-25)19-6-15(7-20(28)26(19)9-13)14-2-3-18-17(5-14)21(22)24-11-23-18;2-1-3/h2-3,5-7,11,13,16H,4,8-10H2,1H3,(H2,22,23,24);1H,(H,2,3)/t13-,16+;/m0./s1. The Morgan fingerprint density at radius 3 is 2.68 bits per heavy atom. The summed E-state index contributed by atoms with van der Waals surface area (Å²) in [7, 11) is 0. The Balaban J connectivity index is 0.000000730. The normalized spacial score (nSPS) is 19.2. The molecule has 2 atom stereocenters. The van der Waals surface area contributed by atoms with Gasteiger partial charge in [0.15, 0.2) is 0 Å². The molecule has 1 fully saturated rings. The van der Waals surface area contributed by atoms with Gasteiger partial charge in [0.1, 0.15) is 12.1 Å². The topological polar surface area (TPSA) is 131 Å². The number of aromatic nitrogens is 3. The number of piperidine rings is 1. The molecule has 0 saturated carbocycles. The molecule has 1 amide bonds. The zero-order chi connectivity index (χ0) is 22.1. The summed E-state index contributed by atoms with van der Waals surface area (Å²) < 4.78 is 1.89. The van der Waals surface area contributed by atoms with E-state index < -0.39 is 0 Å². The van der Waals surface area contributed by atoms with Crippen molar-refractivity contribution in [1.82, 2.24) is 19.4 Å². The van der Waals surface area contributed by atoms with Crippen molar-refractivity contribution in [2.24, 2.45) is 5.92 Å². The molecular formula is C22H23N5O4. The smallest absolute Gasteiger partial charge is 0.290 e. The maximum absolute atomic E-state index is 12.9. The molecule has 9 heteroatoms. The van der Waals surface area contributed by atoms with Gasteiger partial charge >= 0.3 is 0 Å². The average Bonchev–Trinajstić information content (AvgIpc) is 2.75. The first-order chi connectivity index (χ1) is 14.9. The van der Waals surface area contributed by atoms with Gasteiger partial charge in [-0.1, -0.05) is 6.07 Å². The van der Waals surface area contributed by atoms with Crippen LogP contribution in [0.15, 0.2) is 41.5 Å². The molecule has 4 heterocycles. The third-order valence-electron chi connectivity index (χ3n) is 6.00. The molecule has 1 saturated heterocycles. The zero-order valence-corrected chi connectivity index (χ0v) is 17.1. The van der Waals surface area contributed by atoms with E-state index in [1.54, 1.807) is 13.0 Å². The third-order valence-corrected chi connectivity index (χ3v) is 6.00. The van der Waals surface area contributed by atoms with E-state index in [9.17, 15) is 9.59 Å². The summed E-state index contributed by atoms with van der Waals surface area (Å²) >= 11 is 0. The summed E-state index contributed by atoms with van der Waals surface area (Å²) in [6.07, 6.45) is 2.47. The number of anilines is 1. The largest absolute Gasteiger partial charge is 0.483 e. The molecule has 2 aromatic heterocycles. The molecule has 2 bridgehead atoms. The first kappa shape index (κ1) is 20.5. The number of fused-ring (bicyclic) bond motifs is 5. The lowest BCUT2D eigenvalue weighted by atomic mass is 9.82. The summed E-state index contributed by atoms with van der Waals surface area (Å²) in [5, 5.41) is 7.67. The van der Waals surface area contributed by atoms with E-state index in [0.717, 1.165) is 40.7 Å². The third kappa shape index (κ3) is 3.86. The van der Waals surface area contributed by atoms with Crippen molar-refractivity contribution >= 4 is 29.1 Å². The minimum absolute atomic E-state index is 0.0101. The second-order valence-electron chi connectivity index (χ2n) is 7.94. The van der Waals surface area contributed by atoms with E-state index >= 15 is 0 Å². The Bertz CT molecular complexity index is 1220. The van der Waals surface area contributed by atoms with Crippen molar-refractivity contribution in [2.45, 2.75) is 25.8 Å². The highest BCUT2D eigenvalue weighted by Crippen LogP contribution is 2.37. The summed E-state index contributed by atoms with van der Waals surface area (Å²) in [6, 6.07) is 9.56. The first-order valence-corrected chi connectivity index (χ1v) is 10.00. The lowest BCUT2D eigenvalue weighted by Gasteiger charge is -2.42. The SMILES string of the molecule is CC(=O)N1C[C@@H]2C[C@H](C1)c1cc(-c3ccc4ncnc(N)c4c3)cc(=O)n1C2.O=CO. The van der Waals surface area contributed by atoms with E-state index in [2.05, 4.69) is 16.0 Å². The minimum atomic E-state index is -0.250. The molecule has 3 aromatic rings. The molecule has 9 nitrogen and oxygen atoms in total. The molecule has 0 unspecified atom stereocenters. The molecule has 2 aliphatic heterocycles. The number of carbonyl (C=O) groups excluding carboxylic acids is 1. The van der Waals surface area contributed by atoms with Crippen LogP contribution in [0.4, 0.5) is 5.82 Å². The van der Waals surface area contributed by atoms with Gasteiger partial charge in [-0.3, -0.25) is 14.4 Å². The molecular weight excluding hydrogens is 398 g/mol. The molecule has 1 aromatic carbocycles. The van der Waals surface area contributed by atoms with Crippen LogP contribution in [-0.4, -0.2) is 50.0 Å². The van der Waals surface area contributed by atoms with Crippen LogP contribution in [0, 0.1) is 5.92 Å². The number of likely N-dealkylation sites (tertiary alicyclic amines) is 1. The van der Waals surface area contributed by atoms with Crippen LogP contribution in [0.3, 0.4) is 0 Å². The van der Waals surface area contributed by atoms with Gasteiger partial charge in [-0.25, -0.2) is 9.97 Å². The Morgan fingerprint density at radius 1 is 1.16 bits per heavy atom. The van der Waals surface area contributed by atoms with Crippen LogP contribution in [0.2, 0.25) is 0 Å². The Kier molecular flexibility index (Phi) is 5.41. The molecule has 160 valence electrons. The fraction of sp³-hybridized carbons (Fsp3) is 0.318. The molecule has 0 radical (unpaired) electrons. The van der Waals surface area contributed by atoms with E-state index in [-0.39, 0.29) is 23.9 Å². The summed E-state index contributed by atoms with van der Waals surface area (Å²) in [5.74, 6) is 1.06. The van der Waals surface area contributed by atoms with Crippen LogP contribution in [0.5, 0.6) is 0 Å². The second-order valence-corrected chi connectivity index (χ2v) is 7.94. The fourth-order valence-corrected chi connectivity index (χ4v) is 4.64. The summed E-state index contributed by atoms with van der Waals surface area (Å²) in [5.41, 5.74) is 9.58. The molecule has 0 spiro atoms. The minimum Gasteiger partial charge on any atom is -0.483 e. The highest BCUT2D eigenvalue weighted by molar-refractivity contribution is 5.91. The lowest BCUT2D eigenvalue weighted by molar-refractivity contribution is -0.131. The Labute approximate surface area is 178 Å². The van der Waals surface area contributed by atoms with Crippen molar-refractivity contribution in [3.8, 4) is 11.1 Å². The quantitative estimate of drug-likeness (QED) is 0.572. The Morgan fingerprint density at radius 2 is 1.94 bits per heavy atom. The maximum atomic E-state index is 12.9. The predicted octanol–water partition coefficient (Wildman–Crippen LogP) is 1.71. The van der Waals surface area contributed by atoms with Gasteiger partial charge in [0.2, 0.25) is 5.91 Å². The van der Waals surface area contributed by atoms with Gasteiger partial charge in [-0.15, -0.1) is 0 Å². The number of carbonyl (C=O) groups is 2. The number of amides is 1. The first-order valence-electron chi connectivity index (χ1n) is 10.00. The van der Waals surface area contributed by atoms with Crippen molar-refractivity contribution in [3.63, 3.8) is 0 Å². The number of hydrogen-bond donors (Lipinski definition) is 2. The predicted molar refractivity (Wildman–Crippen MR) is 115 cm³/mol. The number of nitrogen functional groups attached to an aromatic ring is 1. The van der Waals surface area contributed by atoms with Crippen LogP contribution < -0.4 is 11.3 Å². The van der Waals surface area contributed by atoms with Crippen LogP contribution in [0.25, 0.3) is 22.0 Å². The molecule has 0 aliphatic carbocycles. The van der Waals surface area contributed by atoms with Gasteiger partial charge < -0.3 is 20.3 Å². The monoisotopic (exact) mass is 421 g/mol. The fourth-order valence-electron chi connectivity index (χ4n) is 4.64. The second kappa shape index (κ2) is 8.17. The van der Waals surface area contributed by atoms with Crippen molar-refractivity contribution < 1.29 is 14.7 Å². The van der Waals surface area contributed by atoms with Gasteiger partial charge in [-0.2, -0.15) is 0 Å². The highest BCUT2D eigenvalue weighted by Gasteiger charge is 2.35. The van der Waals surface area contributed by atoms with E-state index in [1.165, 1.54) is 6.33 Å². The zero-order valence-electron chi connectivity index (χ0n) is 17.1. The average molecular weight is 421 g/mol. The Hall–Kier alpha value is -3.75. The van der Waals surface area contributed by atoms with Crippen LogP contribution >= 0.6 is 0 Å². The number of nitrogens with two attached hydrogens (primary N) is 1. The molecule has 5 rings (SSSR count).